The van der Waals surface area contributed by atoms with Crippen molar-refractivity contribution in [1.82, 2.24) is 5.32 Å². The highest BCUT2D eigenvalue weighted by Crippen LogP contribution is 2.51. The number of hydrogen-bond donors (Lipinski definition) is 2. The standard InChI is InChI=1S/C28H28N4O3S/c1-19-14-21(16-29)6-10-24(19)22-7-11-26-25(15-22)28(12-2-3-13-28)18-32(26)27(33)31-17-20-4-8-23(9-5-20)36(30,34)35/h4-11,14-15H,2-3,12-13,17-18H2,1H3,(H,31,33)(H2,30,34,35). The zero-order valence-electron chi connectivity index (χ0n) is 20.1. The predicted molar refractivity (Wildman–Crippen MR) is 139 cm³/mol. The Morgan fingerprint density at radius 3 is 2.44 bits per heavy atom. The number of nitriles is 1. The molecule has 2 amide bonds. The lowest BCUT2D eigenvalue weighted by Crippen LogP contribution is -2.41. The molecule has 0 atom stereocenters. The lowest BCUT2D eigenvalue weighted by Gasteiger charge is -2.25. The van der Waals surface area contributed by atoms with Crippen LogP contribution in [0.2, 0.25) is 0 Å². The highest BCUT2D eigenvalue weighted by atomic mass is 32.2. The number of benzene rings is 3. The fourth-order valence-electron chi connectivity index (χ4n) is 5.62. The maximum Gasteiger partial charge on any atom is 0.322 e. The highest BCUT2D eigenvalue weighted by molar-refractivity contribution is 7.89. The molecular formula is C28H28N4O3S. The van der Waals surface area contributed by atoms with Gasteiger partial charge in [-0.3, -0.25) is 4.90 Å². The first-order chi connectivity index (χ1) is 17.2. The quantitative estimate of drug-likeness (QED) is 0.539. The molecule has 0 aromatic heterocycles. The van der Waals surface area contributed by atoms with Gasteiger partial charge in [0.05, 0.1) is 16.5 Å². The van der Waals surface area contributed by atoms with Crippen LogP contribution in [0, 0.1) is 18.3 Å². The summed E-state index contributed by atoms with van der Waals surface area (Å²) in [7, 11) is -3.75. The van der Waals surface area contributed by atoms with Crippen LogP contribution in [0.25, 0.3) is 11.1 Å². The van der Waals surface area contributed by atoms with Crippen LogP contribution < -0.4 is 15.4 Å². The second-order valence-electron chi connectivity index (χ2n) is 9.79. The number of aryl methyl sites for hydroxylation is 1. The average molecular weight is 501 g/mol. The van der Waals surface area contributed by atoms with Gasteiger partial charge in [0.2, 0.25) is 10.0 Å². The molecule has 3 aromatic rings. The molecule has 1 aliphatic carbocycles. The van der Waals surface area contributed by atoms with Crippen molar-refractivity contribution in [3.8, 4) is 17.2 Å². The van der Waals surface area contributed by atoms with Crippen molar-refractivity contribution in [2.24, 2.45) is 5.14 Å². The maximum atomic E-state index is 13.3. The summed E-state index contributed by atoms with van der Waals surface area (Å²) in [5, 5.41) is 17.4. The van der Waals surface area contributed by atoms with Gasteiger partial charge < -0.3 is 5.32 Å². The Labute approximate surface area is 211 Å². The van der Waals surface area contributed by atoms with Gasteiger partial charge in [-0.2, -0.15) is 5.26 Å². The molecule has 184 valence electrons. The Hall–Kier alpha value is -3.67. The number of urea groups is 1. The van der Waals surface area contributed by atoms with E-state index in [9.17, 15) is 18.5 Å². The van der Waals surface area contributed by atoms with E-state index in [0.29, 0.717) is 12.1 Å². The molecule has 8 heteroatoms. The van der Waals surface area contributed by atoms with Crippen molar-refractivity contribution in [1.29, 1.82) is 5.26 Å². The van der Waals surface area contributed by atoms with E-state index in [2.05, 4.69) is 17.5 Å². The number of anilines is 1. The molecule has 0 radical (unpaired) electrons. The number of nitrogens with two attached hydrogens (primary N) is 1. The minimum absolute atomic E-state index is 0.0414. The Bertz CT molecular complexity index is 1480. The van der Waals surface area contributed by atoms with Crippen LogP contribution in [0.15, 0.2) is 65.6 Å². The summed E-state index contributed by atoms with van der Waals surface area (Å²) in [6.45, 7) is 2.95. The van der Waals surface area contributed by atoms with Gasteiger partial charge >= 0.3 is 6.03 Å². The second kappa shape index (κ2) is 9.08. The summed E-state index contributed by atoms with van der Waals surface area (Å²) in [6.07, 6.45) is 4.39. The van der Waals surface area contributed by atoms with Gasteiger partial charge in [-0.15, -0.1) is 0 Å². The summed E-state index contributed by atoms with van der Waals surface area (Å²) in [5.74, 6) is 0. The summed E-state index contributed by atoms with van der Waals surface area (Å²) >= 11 is 0. The Balaban J connectivity index is 1.40. The fourth-order valence-corrected chi connectivity index (χ4v) is 6.14. The average Bonchev–Trinajstić information content (AvgIpc) is 3.47. The SMILES string of the molecule is Cc1cc(C#N)ccc1-c1ccc2c(c1)C1(CCCC1)CN2C(=O)NCc1ccc(S(N)(=O)=O)cc1. The van der Waals surface area contributed by atoms with Crippen molar-refractivity contribution in [2.75, 3.05) is 11.4 Å². The van der Waals surface area contributed by atoms with Crippen LogP contribution >= 0.6 is 0 Å². The second-order valence-corrected chi connectivity index (χ2v) is 11.4. The third kappa shape index (κ3) is 4.36. The molecule has 1 spiro atoms. The summed E-state index contributed by atoms with van der Waals surface area (Å²) in [6, 6.07) is 20.3. The number of nitrogens with zero attached hydrogens (tertiary/aromatic N) is 2. The Morgan fingerprint density at radius 2 is 1.81 bits per heavy atom. The molecule has 7 nitrogen and oxygen atoms in total. The van der Waals surface area contributed by atoms with E-state index < -0.39 is 10.0 Å². The Morgan fingerprint density at radius 1 is 1.08 bits per heavy atom. The smallest absolute Gasteiger partial charge is 0.322 e. The molecule has 3 N–H and O–H groups in total. The number of carbonyl (C=O) groups is 1. The highest BCUT2D eigenvalue weighted by Gasteiger charge is 2.46. The molecule has 0 bridgehead atoms. The predicted octanol–water partition coefficient (Wildman–Crippen LogP) is 4.72. The van der Waals surface area contributed by atoms with Crippen molar-refractivity contribution >= 4 is 21.7 Å². The van der Waals surface area contributed by atoms with Gasteiger partial charge in [-0.1, -0.05) is 37.1 Å². The van der Waals surface area contributed by atoms with Gasteiger partial charge in [0.15, 0.2) is 0 Å². The number of fused-ring (bicyclic) bond motifs is 2. The fraction of sp³-hybridized carbons (Fsp3) is 0.286. The van der Waals surface area contributed by atoms with E-state index in [1.807, 2.05) is 42.2 Å². The summed E-state index contributed by atoms with van der Waals surface area (Å²) in [4.78, 5) is 15.2. The topological polar surface area (TPSA) is 116 Å². The van der Waals surface area contributed by atoms with Crippen molar-refractivity contribution in [3.05, 3.63) is 82.9 Å². The molecule has 5 rings (SSSR count). The van der Waals surface area contributed by atoms with Crippen LogP contribution in [-0.2, 0) is 22.0 Å². The third-order valence-electron chi connectivity index (χ3n) is 7.49. The first kappa shape index (κ1) is 24.0. The van der Waals surface area contributed by atoms with Crippen molar-refractivity contribution < 1.29 is 13.2 Å². The number of nitrogens with one attached hydrogen (secondary N) is 1. The Kier molecular flexibility index (Phi) is 6.07. The molecule has 1 saturated carbocycles. The van der Waals surface area contributed by atoms with Crippen molar-refractivity contribution in [3.63, 3.8) is 0 Å². The molecule has 1 fully saturated rings. The van der Waals surface area contributed by atoms with Crippen LogP contribution in [0.3, 0.4) is 0 Å². The summed E-state index contributed by atoms with van der Waals surface area (Å²) in [5.41, 5.74) is 6.79. The van der Waals surface area contributed by atoms with E-state index in [-0.39, 0.29) is 22.9 Å². The van der Waals surface area contributed by atoms with E-state index in [4.69, 9.17) is 5.14 Å². The number of rotatable bonds is 4. The van der Waals surface area contributed by atoms with Gasteiger partial charge in [0.1, 0.15) is 0 Å². The van der Waals surface area contributed by atoms with E-state index in [0.717, 1.165) is 53.6 Å². The molecule has 1 heterocycles. The number of sulfonamides is 1. The number of amides is 2. The van der Waals surface area contributed by atoms with Crippen LogP contribution in [0.1, 0.15) is 47.9 Å². The normalized spacial score (nSPS) is 16.1. The summed E-state index contributed by atoms with van der Waals surface area (Å²) < 4.78 is 22.9. The molecule has 36 heavy (non-hydrogen) atoms. The number of hydrogen-bond acceptors (Lipinski definition) is 4. The van der Waals surface area contributed by atoms with Crippen LogP contribution in [-0.4, -0.2) is 21.0 Å². The zero-order chi connectivity index (χ0) is 25.5. The zero-order valence-corrected chi connectivity index (χ0v) is 20.9. The minimum Gasteiger partial charge on any atom is -0.334 e. The molecule has 3 aromatic carbocycles. The number of carbonyl (C=O) groups excluding carboxylic acids is 1. The third-order valence-corrected chi connectivity index (χ3v) is 8.42. The maximum absolute atomic E-state index is 13.3. The lowest BCUT2D eigenvalue weighted by molar-refractivity contribution is 0.245. The van der Waals surface area contributed by atoms with Gasteiger partial charge in [-0.05, 0) is 84.0 Å². The molecule has 2 aliphatic rings. The van der Waals surface area contributed by atoms with Crippen molar-refractivity contribution in [2.45, 2.75) is 49.5 Å². The largest absolute Gasteiger partial charge is 0.334 e. The first-order valence-corrected chi connectivity index (χ1v) is 13.6. The van der Waals surface area contributed by atoms with Gasteiger partial charge in [-0.25, -0.2) is 18.4 Å². The van der Waals surface area contributed by atoms with Crippen LogP contribution in [0.5, 0.6) is 0 Å². The molecule has 0 unspecified atom stereocenters. The monoisotopic (exact) mass is 500 g/mol. The lowest BCUT2D eigenvalue weighted by atomic mass is 9.79. The van der Waals surface area contributed by atoms with E-state index >= 15 is 0 Å². The molecule has 1 aliphatic heterocycles. The van der Waals surface area contributed by atoms with Crippen LogP contribution in [0.4, 0.5) is 10.5 Å². The minimum atomic E-state index is -3.75. The first-order valence-electron chi connectivity index (χ1n) is 12.0. The van der Waals surface area contributed by atoms with E-state index in [1.165, 1.54) is 17.7 Å². The molecular weight excluding hydrogens is 472 g/mol. The number of primary sulfonamides is 1. The van der Waals surface area contributed by atoms with E-state index in [1.54, 1.807) is 12.1 Å². The van der Waals surface area contributed by atoms with Gasteiger partial charge in [0, 0.05) is 24.2 Å². The van der Waals surface area contributed by atoms with Gasteiger partial charge in [0.25, 0.3) is 0 Å². The molecule has 0 saturated heterocycles.